The molecule has 0 unspecified atom stereocenters. The Morgan fingerprint density at radius 1 is 1.25 bits per heavy atom. The minimum Gasteiger partial charge on any atom is -0.471 e. The molecule has 5 rings (SSSR count). The average molecular weight is 501 g/mol. The predicted octanol–water partition coefficient (Wildman–Crippen LogP) is 1.85. The first-order valence-corrected chi connectivity index (χ1v) is 11.8. The molecule has 2 aliphatic rings. The van der Waals surface area contributed by atoms with Crippen molar-refractivity contribution in [1.29, 1.82) is 0 Å². The van der Waals surface area contributed by atoms with Gasteiger partial charge in [0, 0.05) is 30.9 Å². The van der Waals surface area contributed by atoms with Gasteiger partial charge in [-0.3, -0.25) is 14.7 Å². The molecule has 4 atom stereocenters. The molecule has 36 heavy (non-hydrogen) atoms. The van der Waals surface area contributed by atoms with E-state index in [0.29, 0.717) is 35.9 Å². The van der Waals surface area contributed by atoms with Crippen molar-refractivity contribution >= 4 is 22.8 Å². The molecular weight excluding hydrogens is 472 g/mol. The third kappa shape index (κ3) is 4.57. The zero-order chi connectivity index (χ0) is 25.4. The van der Waals surface area contributed by atoms with Gasteiger partial charge < -0.3 is 29.7 Å². The molecule has 0 bridgehead atoms. The number of benzene rings is 1. The van der Waals surface area contributed by atoms with Crippen molar-refractivity contribution in [2.75, 3.05) is 18.5 Å². The fraction of sp³-hybridized carbons (Fsp3) is 0.522. The Morgan fingerprint density at radius 2 is 2.03 bits per heavy atom. The minimum absolute atomic E-state index is 0.0392. The number of imidazole rings is 1. The van der Waals surface area contributed by atoms with Gasteiger partial charge in [-0.2, -0.15) is 4.98 Å². The van der Waals surface area contributed by atoms with Crippen LogP contribution in [0.4, 0.5) is 11.6 Å². The highest BCUT2D eigenvalue weighted by molar-refractivity contribution is 5.79. The second-order valence-electron chi connectivity index (χ2n) is 9.07. The van der Waals surface area contributed by atoms with Crippen LogP contribution in [0.2, 0.25) is 0 Å². The van der Waals surface area contributed by atoms with Crippen LogP contribution in [0, 0.1) is 17.0 Å². The number of rotatable bonds is 7. The van der Waals surface area contributed by atoms with Crippen molar-refractivity contribution in [3.63, 3.8) is 0 Å². The van der Waals surface area contributed by atoms with E-state index in [1.54, 1.807) is 30.5 Å². The van der Waals surface area contributed by atoms with Crippen LogP contribution in [0.1, 0.15) is 37.1 Å². The largest absolute Gasteiger partial charge is 0.471 e. The molecule has 2 aromatic heterocycles. The minimum atomic E-state index is -1.19. The number of aliphatic hydroxyl groups excluding tert-OH is 2. The number of aromatic nitrogens is 4. The summed E-state index contributed by atoms with van der Waals surface area (Å²) in [7, 11) is 0. The molecule has 0 saturated carbocycles. The Labute approximate surface area is 206 Å². The molecule has 3 N–H and O–H groups in total. The topological polar surface area (TPSA) is 167 Å². The summed E-state index contributed by atoms with van der Waals surface area (Å²) in [6, 6.07) is 4.86. The maximum atomic E-state index is 11.1. The average Bonchev–Trinajstić information content (AvgIpc) is 3.34. The van der Waals surface area contributed by atoms with Gasteiger partial charge in [-0.15, -0.1) is 0 Å². The van der Waals surface area contributed by atoms with Gasteiger partial charge in [0.05, 0.1) is 11.0 Å². The fourth-order valence-corrected chi connectivity index (χ4v) is 4.57. The molecular formula is C23H28N6O7. The maximum Gasteiger partial charge on any atom is 0.272 e. The number of nitro groups is 1. The number of ether oxygens (including phenoxy) is 3. The third-order valence-corrected chi connectivity index (χ3v) is 6.56. The molecule has 3 aromatic rings. The first kappa shape index (κ1) is 24.3. The summed E-state index contributed by atoms with van der Waals surface area (Å²) in [6.45, 7) is 4.72. The van der Waals surface area contributed by atoms with Gasteiger partial charge in [0.15, 0.2) is 17.4 Å². The summed E-state index contributed by atoms with van der Waals surface area (Å²) < 4.78 is 18.9. The third-order valence-electron chi connectivity index (χ3n) is 6.56. The summed E-state index contributed by atoms with van der Waals surface area (Å²) in [4.78, 5) is 24.0. The highest BCUT2D eigenvalue weighted by Gasteiger charge is 2.43. The lowest BCUT2D eigenvalue weighted by atomic mass is 10.1. The Kier molecular flexibility index (Phi) is 6.71. The Morgan fingerprint density at radius 3 is 2.69 bits per heavy atom. The van der Waals surface area contributed by atoms with Crippen molar-refractivity contribution < 1.29 is 29.3 Å². The molecule has 2 aliphatic heterocycles. The normalized spacial score (nSPS) is 24.8. The van der Waals surface area contributed by atoms with E-state index in [1.165, 1.54) is 12.4 Å². The van der Waals surface area contributed by atoms with E-state index in [0.717, 1.165) is 18.4 Å². The van der Waals surface area contributed by atoms with Crippen LogP contribution in [0.15, 0.2) is 24.5 Å². The number of nitrogens with one attached hydrogen (secondary N) is 1. The van der Waals surface area contributed by atoms with E-state index >= 15 is 0 Å². The van der Waals surface area contributed by atoms with Crippen LogP contribution in [-0.4, -0.2) is 72.2 Å². The molecule has 4 heterocycles. The van der Waals surface area contributed by atoms with Gasteiger partial charge in [-0.05, 0) is 44.4 Å². The Bertz CT molecular complexity index is 1260. The SMILES string of the molecule is Cc1cc(COc2ncnc3c2nc(NC2CCOCC2)n3[C@@H]2O[C@H](C)[C@@H](O)[C@H]2O)ccc1[N+](=O)[O-]. The number of fused-ring (bicyclic) bond motifs is 1. The Balaban J connectivity index is 1.48. The van der Waals surface area contributed by atoms with Crippen molar-refractivity contribution in [3.8, 4) is 5.88 Å². The van der Waals surface area contributed by atoms with E-state index in [2.05, 4.69) is 15.3 Å². The maximum absolute atomic E-state index is 11.1. The first-order valence-electron chi connectivity index (χ1n) is 11.8. The quantitative estimate of drug-likeness (QED) is 0.320. The first-order chi connectivity index (χ1) is 17.3. The van der Waals surface area contributed by atoms with Crippen molar-refractivity contribution in [2.45, 2.75) is 63.9 Å². The molecule has 2 fully saturated rings. The van der Waals surface area contributed by atoms with Gasteiger partial charge in [-0.1, -0.05) is 0 Å². The lowest BCUT2D eigenvalue weighted by Gasteiger charge is -2.25. The Hall–Kier alpha value is -3.39. The number of nitro benzene ring substituents is 1. The number of hydrogen-bond acceptors (Lipinski definition) is 11. The van der Waals surface area contributed by atoms with E-state index in [9.17, 15) is 20.3 Å². The molecule has 13 heteroatoms. The number of anilines is 1. The second-order valence-corrected chi connectivity index (χ2v) is 9.07. The number of nitrogens with zero attached hydrogens (tertiary/aromatic N) is 5. The summed E-state index contributed by atoms with van der Waals surface area (Å²) in [5.74, 6) is 0.629. The number of hydrogen-bond donors (Lipinski definition) is 3. The van der Waals surface area contributed by atoms with E-state index in [1.807, 2.05) is 0 Å². The van der Waals surface area contributed by atoms with E-state index in [-0.39, 0.29) is 24.2 Å². The molecule has 0 aliphatic carbocycles. The second kappa shape index (κ2) is 9.93. The zero-order valence-electron chi connectivity index (χ0n) is 19.9. The van der Waals surface area contributed by atoms with Crippen LogP contribution in [0.25, 0.3) is 11.2 Å². The summed E-state index contributed by atoms with van der Waals surface area (Å²) >= 11 is 0. The van der Waals surface area contributed by atoms with Crippen LogP contribution in [0.3, 0.4) is 0 Å². The lowest BCUT2D eigenvalue weighted by Crippen LogP contribution is -2.33. The summed E-state index contributed by atoms with van der Waals surface area (Å²) in [5, 5.41) is 35.5. The summed E-state index contributed by atoms with van der Waals surface area (Å²) in [5.41, 5.74) is 2.03. The molecule has 2 saturated heterocycles. The van der Waals surface area contributed by atoms with E-state index in [4.69, 9.17) is 19.2 Å². The van der Waals surface area contributed by atoms with Gasteiger partial charge >= 0.3 is 0 Å². The standard InChI is InChI=1S/C23H28N6O7/c1-12-9-14(3-4-16(12)29(32)33)10-35-21-17-20(24-11-25-21)28(22-19(31)18(30)13(2)36-22)23(27-17)26-15-5-7-34-8-6-15/h3-4,9,11,13,15,18-19,22,30-31H,5-8,10H2,1-2H3,(H,26,27)/t13-,18-,19-,22-/m1/s1. The van der Waals surface area contributed by atoms with Gasteiger partial charge in [0.25, 0.3) is 5.69 Å². The molecule has 13 nitrogen and oxygen atoms in total. The van der Waals surface area contributed by atoms with E-state index < -0.39 is 29.5 Å². The van der Waals surface area contributed by atoms with Crippen molar-refractivity contribution in [3.05, 3.63) is 45.8 Å². The number of aliphatic hydroxyl groups is 2. The monoisotopic (exact) mass is 500 g/mol. The van der Waals surface area contributed by atoms with Crippen molar-refractivity contribution in [2.24, 2.45) is 0 Å². The number of aryl methyl sites for hydroxylation is 1. The fourth-order valence-electron chi connectivity index (χ4n) is 4.57. The van der Waals surface area contributed by atoms with Gasteiger partial charge in [0.2, 0.25) is 11.8 Å². The highest BCUT2D eigenvalue weighted by atomic mass is 16.6. The van der Waals surface area contributed by atoms with Crippen LogP contribution >= 0.6 is 0 Å². The smallest absolute Gasteiger partial charge is 0.272 e. The molecule has 1 aromatic carbocycles. The van der Waals surface area contributed by atoms with Gasteiger partial charge in [-0.25, -0.2) is 9.97 Å². The highest BCUT2D eigenvalue weighted by Crippen LogP contribution is 2.36. The van der Waals surface area contributed by atoms with Crippen molar-refractivity contribution in [1.82, 2.24) is 19.5 Å². The van der Waals surface area contributed by atoms with Crippen LogP contribution < -0.4 is 10.1 Å². The molecule has 192 valence electrons. The zero-order valence-corrected chi connectivity index (χ0v) is 19.9. The molecule has 0 spiro atoms. The van der Waals surface area contributed by atoms with Crippen LogP contribution in [-0.2, 0) is 16.1 Å². The summed E-state index contributed by atoms with van der Waals surface area (Å²) in [6.07, 6.45) is -0.850. The van der Waals surface area contributed by atoms with Gasteiger partial charge in [0.1, 0.15) is 25.1 Å². The molecule has 0 radical (unpaired) electrons. The molecule has 0 amide bonds. The lowest BCUT2D eigenvalue weighted by molar-refractivity contribution is -0.385. The van der Waals surface area contributed by atoms with Crippen LogP contribution in [0.5, 0.6) is 5.88 Å². The predicted molar refractivity (Wildman–Crippen MR) is 127 cm³/mol.